The van der Waals surface area contributed by atoms with Crippen molar-refractivity contribution in [1.82, 2.24) is 14.7 Å². The molecule has 0 N–H and O–H groups in total. The molecule has 3 aromatic carbocycles. The molecule has 0 saturated carbocycles. The van der Waals surface area contributed by atoms with E-state index in [0.717, 1.165) is 29.1 Å². The van der Waals surface area contributed by atoms with Crippen LogP contribution in [0, 0.1) is 11.6 Å². The number of esters is 1. The van der Waals surface area contributed by atoms with Gasteiger partial charge in [0.1, 0.15) is 28.7 Å². The van der Waals surface area contributed by atoms with Gasteiger partial charge in [-0.25, -0.2) is 18.3 Å². The van der Waals surface area contributed by atoms with Crippen molar-refractivity contribution in [3.63, 3.8) is 0 Å². The number of piperazine rings is 1. The molecular formula is C31H30F2N4O5. The molecule has 0 bridgehead atoms. The number of ether oxygens (including phenoxy) is 3. The number of hydrogen-bond acceptors (Lipinski definition) is 7. The molecular weight excluding hydrogens is 546 g/mol. The molecule has 0 atom stereocenters. The Kier molecular flexibility index (Phi) is 8.37. The largest absolute Gasteiger partial charge is 0.497 e. The lowest BCUT2D eigenvalue weighted by Gasteiger charge is -2.36. The van der Waals surface area contributed by atoms with E-state index >= 15 is 0 Å². The highest BCUT2D eigenvalue weighted by Gasteiger charge is 2.28. The van der Waals surface area contributed by atoms with E-state index in [9.17, 15) is 18.4 Å². The number of rotatable bonds is 8. The molecule has 0 unspecified atom stereocenters. The third-order valence-corrected chi connectivity index (χ3v) is 7.07. The van der Waals surface area contributed by atoms with Gasteiger partial charge in [-0.2, -0.15) is 5.10 Å². The van der Waals surface area contributed by atoms with Crippen LogP contribution in [0.2, 0.25) is 0 Å². The molecule has 1 aromatic heterocycles. The van der Waals surface area contributed by atoms with Gasteiger partial charge in [-0.05, 0) is 49.4 Å². The number of methoxy groups -OCH3 is 2. The molecule has 11 heteroatoms. The van der Waals surface area contributed by atoms with Crippen molar-refractivity contribution >= 4 is 17.6 Å². The Labute approximate surface area is 241 Å². The third-order valence-electron chi connectivity index (χ3n) is 7.07. The van der Waals surface area contributed by atoms with Crippen molar-refractivity contribution in [1.29, 1.82) is 0 Å². The molecule has 1 aliphatic rings. The van der Waals surface area contributed by atoms with E-state index in [1.807, 2.05) is 48.5 Å². The van der Waals surface area contributed by atoms with Crippen molar-refractivity contribution in [3.05, 3.63) is 89.6 Å². The highest BCUT2D eigenvalue weighted by atomic mass is 19.1. The molecule has 2 heterocycles. The SMILES string of the molecule is CCOC(=O)c1cc(-c2ccc(N3CCN(C(=O)c4c(F)cc(OC)cc4F)CC3)cc2)n(-c2ccc(OC)cc2)n1. The van der Waals surface area contributed by atoms with Crippen molar-refractivity contribution in [2.45, 2.75) is 6.92 Å². The quantitative estimate of drug-likeness (QED) is 0.274. The van der Waals surface area contributed by atoms with Gasteiger partial charge in [0.2, 0.25) is 0 Å². The maximum absolute atomic E-state index is 14.5. The van der Waals surface area contributed by atoms with Crippen LogP contribution >= 0.6 is 0 Å². The van der Waals surface area contributed by atoms with E-state index in [4.69, 9.17) is 14.2 Å². The summed E-state index contributed by atoms with van der Waals surface area (Å²) in [5.41, 5.74) is 2.82. The second-order valence-electron chi connectivity index (χ2n) is 9.54. The molecule has 4 aromatic rings. The molecule has 0 radical (unpaired) electrons. The minimum absolute atomic E-state index is 0.0129. The van der Waals surface area contributed by atoms with Crippen LogP contribution in [0.25, 0.3) is 16.9 Å². The summed E-state index contributed by atoms with van der Waals surface area (Å²) >= 11 is 0. The van der Waals surface area contributed by atoms with Gasteiger partial charge >= 0.3 is 5.97 Å². The topological polar surface area (TPSA) is 86.1 Å². The number of benzene rings is 3. The Morgan fingerprint density at radius 3 is 1.98 bits per heavy atom. The maximum Gasteiger partial charge on any atom is 0.358 e. The average molecular weight is 577 g/mol. The minimum atomic E-state index is -0.949. The van der Waals surface area contributed by atoms with Gasteiger partial charge in [0.05, 0.1) is 32.2 Å². The van der Waals surface area contributed by atoms with Crippen LogP contribution in [0.3, 0.4) is 0 Å². The predicted molar refractivity (Wildman–Crippen MR) is 153 cm³/mol. The summed E-state index contributed by atoms with van der Waals surface area (Å²) in [6, 6.07) is 18.8. The number of amides is 1. The lowest BCUT2D eigenvalue weighted by molar-refractivity contribution is 0.0518. The second kappa shape index (κ2) is 12.3. The highest BCUT2D eigenvalue weighted by Crippen LogP contribution is 2.29. The van der Waals surface area contributed by atoms with E-state index in [2.05, 4.69) is 10.00 Å². The molecule has 218 valence electrons. The first-order valence-electron chi connectivity index (χ1n) is 13.4. The predicted octanol–water partition coefficient (Wildman–Crippen LogP) is 4.97. The fourth-order valence-corrected chi connectivity index (χ4v) is 4.85. The van der Waals surface area contributed by atoms with Gasteiger partial charge in [0.15, 0.2) is 5.69 Å². The van der Waals surface area contributed by atoms with Crippen LogP contribution in [-0.2, 0) is 4.74 Å². The van der Waals surface area contributed by atoms with Crippen LogP contribution in [0.15, 0.2) is 66.7 Å². The van der Waals surface area contributed by atoms with Crippen LogP contribution in [0.1, 0.15) is 27.8 Å². The Hall–Kier alpha value is -4.93. The molecule has 5 rings (SSSR count). The molecule has 0 aliphatic carbocycles. The summed E-state index contributed by atoms with van der Waals surface area (Å²) in [5.74, 6) is -2.39. The summed E-state index contributed by atoms with van der Waals surface area (Å²) in [6.07, 6.45) is 0. The first kappa shape index (κ1) is 28.6. The zero-order valence-electron chi connectivity index (χ0n) is 23.5. The van der Waals surface area contributed by atoms with Gasteiger partial charge in [0, 0.05) is 49.6 Å². The summed E-state index contributed by atoms with van der Waals surface area (Å²) < 4.78 is 45.9. The summed E-state index contributed by atoms with van der Waals surface area (Å²) in [6.45, 7) is 3.56. The zero-order chi connectivity index (χ0) is 29.8. The molecule has 1 aliphatic heterocycles. The van der Waals surface area contributed by atoms with Gasteiger partial charge in [-0.3, -0.25) is 4.79 Å². The lowest BCUT2D eigenvalue weighted by Crippen LogP contribution is -2.49. The Bertz CT molecular complexity index is 1560. The molecule has 42 heavy (non-hydrogen) atoms. The summed E-state index contributed by atoms with van der Waals surface area (Å²) in [5, 5.41) is 4.51. The summed E-state index contributed by atoms with van der Waals surface area (Å²) in [4.78, 5) is 28.9. The Balaban J connectivity index is 1.33. The number of aromatic nitrogens is 2. The normalized spacial score (nSPS) is 13.2. The van der Waals surface area contributed by atoms with E-state index in [-0.39, 0.29) is 18.1 Å². The van der Waals surface area contributed by atoms with E-state index in [0.29, 0.717) is 37.6 Å². The number of hydrogen-bond donors (Lipinski definition) is 0. The number of halogens is 2. The number of carbonyl (C=O) groups is 2. The van der Waals surface area contributed by atoms with E-state index in [1.54, 1.807) is 24.8 Å². The Morgan fingerprint density at radius 2 is 1.40 bits per heavy atom. The first-order chi connectivity index (χ1) is 20.3. The van der Waals surface area contributed by atoms with Crippen molar-refractivity contribution in [3.8, 4) is 28.4 Å². The summed E-state index contributed by atoms with van der Waals surface area (Å²) in [7, 11) is 2.89. The van der Waals surface area contributed by atoms with Gasteiger partial charge < -0.3 is 24.0 Å². The molecule has 9 nitrogen and oxygen atoms in total. The third kappa shape index (κ3) is 5.76. The zero-order valence-corrected chi connectivity index (χ0v) is 23.5. The lowest BCUT2D eigenvalue weighted by atomic mass is 10.1. The molecule has 1 fully saturated rings. The van der Waals surface area contributed by atoms with Gasteiger partial charge in [0.25, 0.3) is 5.91 Å². The second-order valence-corrected chi connectivity index (χ2v) is 9.54. The van der Waals surface area contributed by atoms with Crippen LogP contribution < -0.4 is 14.4 Å². The number of carbonyl (C=O) groups excluding carboxylic acids is 2. The number of anilines is 1. The molecule has 1 amide bonds. The highest BCUT2D eigenvalue weighted by molar-refractivity contribution is 5.95. The monoisotopic (exact) mass is 576 g/mol. The smallest absolute Gasteiger partial charge is 0.358 e. The van der Waals surface area contributed by atoms with Gasteiger partial charge in [-0.15, -0.1) is 0 Å². The fourth-order valence-electron chi connectivity index (χ4n) is 4.85. The first-order valence-corrected chi connectivity index (χ1v) is 13.4. The Morgan fingerprint density at radius 1 is 0.810 bits per heavy atom. The standard InChI is InChI=1S/C31H30F2N4O5/c1-4-42-31(39)27-19-28(37(34-27)22-9-11-23(40-2)12-10-22)20-5-7-21(8-6-20)35-13-15-36(16-14-35)30(38)29-25(32)17-24(41-3)18-26(29)33/h5-12,17-19H,4,13-16H2,1-3H3. The number of nitrogens with zero attached hydrogens (tertiary/aromatic N) is 4. The van der Waals surface area contributed by atoms with E-state index in [1.165, 1.54) is 12.0 Å². The van der Waals surface area contributed by atoms with Crippen LogP contribution in [0.4, 0.5) is 14.5 Å². The fraction of sp³-hybridized carbons (Fsp3) is 0.258. The van der Waals surface area contributed by atoms with Crippen molar-refractivity contribution in [2.24, 2.45) is 0 Å². The van der Waals surface area contributed by atoms with Crippen LogP contribution in [0.5, 0.6) is 11.5 Å². The maximum atomic E-state index is 14.5. The van der Waals surface area contributed by atoms with Crippen LogP contribution in [-0.4, -0.2) is 73.6 Å². The van der Waals surface area contributed by atoms with Gasteiger partial charge in [-0.1, -0.05) is 12.1 Å². The van der Waals surface area contributed by atoms with Crippen molar-refractivity contribution < 1.29 is 32.6 Å². The minimum Gasteiger partial charge on any atom is -0.497 e. The van der Waals surface area contributed by atoms with E-state index < -0.39 is 29.1 Å². The molecule has 1 saturated heterocycles. The average Bonchev–Trinajstić information content (AvgIpc) is 3.47. The molecule has 0 spiro atoms. The van der Waals surface area contributed by atoms with Crippen molar-refractivity contribution in [2.75, 3.05) is 51.9 Å².